The average Bonchev–Trinajstić information content (AvgIpc) is 3.26. The van der Waals surface area contributed by atoms with Gasteiger partial charge in [-0.3, -0.25) is 9.59 Å². The number of aliphatic hydroxyl groups excluding tert-OH is 2. The fraction of sp³-hybridized carbons (Fsp3) is 0.857. The minimum absolute atomic E-state index is 0.0657. The second-order valence-corrected chi connectivity index (χ2v) is 18.7. The maximum Gasteiger partial charge on any atom is 0.306 e. The summed E-state index contributed by atoms with van der Waals surface area (Å²) in [5.41, 5.74) is 0. The number of unbranched alkanes of at least 4 members (excludes halogenated alkanes) is 32. The molecule has 0 bridgehead atoms. The molecule has 0 aromatic carbocycles. The summed E-state index contributed by atoms with van der Waals surface area (Å²) in [5.74, 6) is -0.486. The number of esters is 1. The van der Waals surface area contributed by atoms with Gasteiger partial charge in [0.15, 0.2) is 0 Å². The van der Waals surface area contributed by atoms with Gasteiger partial charge in [0.1, 0.15) is 6.10 Å². The van der Waals surface area contributed by atoms with Crippen molar-refractivity contribution < 1.29 is 24.5 Å². The summed E-state index contributed by atoms with van der Waals surface area (Å²) in [6.45, 7) is 6.45. The van der Waals surface area contributed by atoms with Gasteiger partial charge in [-0.05, 0) is 77.0 Å². The van der Waals surface area contributed by atoms with Gasteiger partial charge in [0.05, 0.1) is 25.2 Å². The molecule has 0 saturated heterocycles. The van der Waals surface area contributed by atoms with E-state index >= 15 is 0 Å². The highest BCUT2D eigenvalue weighted by Crippen LogP contribution is 2.18. The first-order valence-electron chi connectivity index (χ1n) is 27.2. The highest BCUT2D eigenvalue weighted by molar-refractivity contribution is 5.77. The average molecular weight is 872 g/mol. The Morgan fingerprint density at radius 1 is 0.468 bits per heavy atom. The van der Waals surface area contributed by atoms with Gasteiger partial charge in [-0.1, -0.05) is 231 Å². The summed E-state index contributed by atoms with van der Waals surface area (Å²) in [4.78, 5) is 26.2. The van der Waals surface area contributed by atoms with E-state index in [0.717, 1.165) is 77.0 Å². The molecular formula is C56H105NO5. The van der Waals surface area contributed by atoms with Gasteiger partial charge in [0.25, 0.3) is 0 Å². The topological polar surface area (TPSA) is 95.9 Å². The molecule has 6 nitrogen and oxygen atoms in total. The molecule has 0 aliphatic heterocycles. The molecule has 0 aromatic heterocycles. The fourth-order valence-electron chi connectivity index (χ4n) is 8.30. The summed E-state index contributed by atoms with van der Waals surface area (Å²) in [7, 11) is 0. The van der Waals surface area contributed by atoms with Crippen molar-refractivity contribution in [3.8, 4) is 0 Å². The maximum absolute atomic E-state index is 13.2. The van der Waals surface area contributed by atoms with Crippen LogP contribution in [0.5, 0.6) is 0 Å². The monoisotopic (exact) mass is 872 g/mol. The molecule has 0 saturated carbocycles. The van der Waals surface area contributed by atoms with Crippen LogP contribution in [-0.2, 0) is 14.3 Å². The lowest BCUT2D eigenvalue weighted by Crippen LogP contribution is -2.46. The standard InChI is InChI=1S/C56H105NO5/c1-4-7-10-13-16-19-22-24-25-26-27-28-29-31-34-37-40-43-46-49-56(61)62-52(47-44-41-38-35-33-30-23-20-17-14-11-8-5-2)50-55(60)57-53(51-58)54(59)48-45-42-39-36-32-21-18-15-12-9-6-3/h17,20,23-25,30,52-54,58-59H,4-16,18-19,21-22,26-29,31-51H2,1-3H3,(H,57,60)/b20-17+,25-24+,30-23+. The molecule has 0 heterocycles. The normalized spacial score (nSPS) is 13.4. The predicted molar refractivity (Wildman–Crippen MR) is 269 cm³/mol. The molecule has 0 aromatic rings. The van der Waals surface area contributed by atoms with Gasteiger partial charge >= 0.3 is 5.97 Å². The molecule has 3 atom stereocenters. The van der Waals surface area contributed by atoms with Crippen molar-refractivity contribution in [2.45, 2.75) is 302 Å². The summed E-state index contributed by atoms with van der Waals surface area (Å²) < 4.78 is 5.94. The molecule has 3 N–H and O–H groups in total. The second-order valence-electron chi connectivity index (χ2n) is 18.7. The quantitative estimate of drug-likeness (QED) is 0.0245. The Morgan fingerprint density at radius 3 is 1.27 bits per heavy atom. The number of hydrogen-bond donors (Lipinski definition) is 3. The first-order valence-corrected chi connectivity index (χ1v) is 27.2. The number of ether oxygens (including phenoxy) is 1. The van der Waals surface area contributed by atoms with Crippen LogP contribution in [-0.4, -0.2) is 46.9 Å². The highest BCUT2D eigenvalue weighted by atomic mass is 16.5. The first-order chi connectivity index (χ1) is 30.5. The van der Waals surface area contributed by atoms with Crippen molar-refractivity contribution in [1.82, 2.24) is 5.32 Å². The molecule has 0 fully saturated rings. The molecule has 6 heteroatoms. The zero-order valence-corrected chi connectivity index (χ0v) is 41.5. The van der Waals surface area contributed by atoms with Crippen molar-refractivity contribution in [2.75, 3.05) is 6.61 Å². The number of aliphatic hydroxyl groups is 2. The predicted octanol–water partition coefficient (Wildman–Crippen LogP) is 16.5. The number of carbonyl (C=O) groups is 2. The van der Waals surface area contributed by atoms with E-state index in [-0.39, 0.29) is 24.9 Å². The lowest BCUT2D eigenvalue weighted by molar-refractivity contribution is -0.151. The lowest BCUT2D eigenvalue weighted by atomic mass is 10.0. The maximum atomic E-state index is 13.2. The Hall–Kier alpha value is -1.92. The van der Waals surface area contributed by atoms with Crippen LogP contribution in [0.2, 0.25) is 0 Å². The molecular weight excluding hydrogens is 767 g/mol. The molecule has 0 aliphatic rings. The van der Waals surface area contributed by atoms with Gasteiger partial charge in [-0.25, -0.2) is 0 Å². The Kier molecular flexibility index (Phi) is 48.5. The minimum Gasteiger partial charge on any atom is -0.462 e. The van der Waals surface area contributed by atoms with Crippen LogP contribution in [0.4, 0.5) is 0 Å². The number of rotatable bonds is 49. The smallest absolute Gasteiger partial charge is 0.306 e. The molecule has 3 unspecified atom stereocenters. The summed E-state index contributed by atoms with van der Waals surface area (Å²) in [6.07, 6.45) is 59.2. The van der Waals surface area contributed by atoms with Crippen molar-refractivity contribution in [3.05, 3.63) is 36.5 Å². The van der Waals surface area contributed by atoms with Gasteiger partial charge < -0.3 is 20.3 Å². The van der Waals surface area contributed by atoms with Crippen LogP contribution in [0.15, 0.2) is 36.5 Å². The van der Waals surface area contributed by atoms with E-state index in [1.54, 1.807) is 0 Å². The summed E-state index contributed by atoms with van der Waals surface area (Å²) in [5, 5.41) is 23.8. The molecule has 0 radical (unpaired) electrons. The molecule has 364 valence electrons. The van der Waals surface area contributed by atoms with Crippen LogP contribution in [0.1, 0.15) is 284 Å². The number of hydrogen-bond acceptors (Lipinski definition) is 5. The van der Waals surface area contributed by atoms with E-state index in [1.165, 1.54) is 161 Å². The van der Waals surface area contributed by atoms with Crippen molar-refractivity contribution in [1.29, 1.82) is 0 Å². The van der Waals surface area contributed by atoms with Crippen molar-refractivity contribution in [2.24, 2.45) is 0 Å². The Morgan fingerprint density at radius 2 is 0.823 bits per heavy atom. The number of allylic oxidation sites excluding steroid dienone is 6. The van der Waals surface area contributed by atoms with E-state index in [9.17, 15) is 19.8 Å². The molecule has 0 aliphatic carbocycles. The fourth-order valence-corrected chi connectivity index (χ4v) is 8.30. The zero-order chi connectivity index (χ0) is 45.2. The van der Waals surface area contributed by atoms with Gasteiger partial charge in [0.2, 0.25) is 5.91 Å². The third-order valence-electron chi connectivity index (χ3n) is 12.5. The van der Waals surface area contributed by atoms with E-state index < -0.39 is 18.2 Å². The van der Waals surface area contributed by atoms with E-state index in [1.807, 2.05) is 0 Å². The van der Waals surface area contributed by atoms with Gasteiger partial charge in [0, 0.05) is 6.42 Å². The van der Waals surface area contributed by atoms with Crippen LogP contribution < -0.4 is 5.32 Å². The SMILES string of the molecule is CCCCC/C=C/C=C/CCCCCCC(CC(=O)NC(CO)C(O)CCCCCCCCCCCCC)OC(=O)CCCCCCCCCCC/C=C/CCCCCCCC. The summed E-state index contributed by atoms with van der Waals surface area (Å²) >= 11 is 0. The Labute approximate surface area is 385 Å². The number of carbonyl (C=O) groups excluding carboxylic acids is 2. The van der Waals surface area contributed by atoms with Crippen LogP contribution in [0.25, 0.3) is 0 Å². The Balaban J connectivity index is 4.52. The molecule has 0 rings (SSSR count). The number of nitrogens with one attached hydrogen (secondary N) is 1. The van der Waals surface area contributed by atoms with Crippen LogP contribution in [0.3, 0.4) is 0 Å². The van der Waals surface area contributed by atoms with Crippen LogP contribution >= 0.6 is 0 Å². The van der Waals surface area contributed by atoms with Crippen LogP contribution in [0, 0.1) is 0 Å². The largest absolute Gasteiger partial charge is 0.462 e. The van der Waals surface area contributed by atoms with E-state index in [4.69, 9.17) is 4.74 Å². The molecule has 0 spiro atoms. The third kappa shape index (κ3) is 44.7. The lowest BCUT2D eigenvalue weighted by Gasteiger charge is -2.24. The first kappa shape index (κ1) is 60.1. The molecule has 62 heavy (non-hydrogen) atoms. The zero-order valence-electron chi connectivity index (χ0n) is 41.5. The third-order valence-corrected chi connectivity index (χ3v) is 12.5. The molecule has 1 amide bonds. The Bertz CT molecular complexity index is 1020. The highest BCUT2D eigenvalue weighted by Gasteiger charge is 2.24. The van der Waals surface area contributed by atoms with E-state index in [0.29, 0.717) is 19.3 Å². The number of amides is 1. The minimum atomic E-state index is -0.791. The van der Waals surface area contributed by atoms with E-state index in [2.05, 4.69) is 62.5 Å². The van der Waals surface area contributed by atoms with Gasteiger partial charge in [-0.15, -0.1) is 0 Å². The summed E-state index contributed by atoms with van der Waals surface area (Å²) in [6, 6.07) is -0.706. The second kappa shape index (κ2) is 50.1. The van der Waals surface area contributed by atoms with Gasteiger partial charge in [-0.2, -0.15) is 0 Å². The van der Waals surface area contributed by atoms with Crippen molar-refractivity contribution >= 4 is 11.9 Å². The van der Waals surface area contributed by atoms with Crippen molar-refractivity contribution in [3.63, 3.8) is 0 Å².